The Morgan fingerprint density at radius 3 is 2.85 bits per heavy atom. The zero-order chi connectivity index (χ0) is 13.5. The monoisotopic (exact) mass is 180 g/mol. The summed E-state index contributed by atoms with van der Waals surface area (Å²) < 4.78 is 37.9. The van der Waals surface area contributed by atoms with E-state index in [-0.39, 0.29) is 5.95 Å². The van der Waals surface area contributed by atoms with Gasteiger partial charge in [0.2, 0.25) is 5.95 Å². The van der Waals surface area contributed by atoms with Crippen molar-refractivity contribution in [3.8, 4) is 5.95 Å². The number of aromatic nitrogens is 4. The molecule has 0 saturated carbocycles. The summed E-state index contributed by atoms with van der Waals surface area (Å²) in [5, 5.41) is 0. The predicted molar refractivity (Wildman–Crippen MR) is 48.3 cm³/mol. The first-order valence-electron chi connectivity index (χ1n) is 5.95. The van der Waals surface area contributed by atoms with Crippen molar-refractivity contribution in [2.45, 2.75) is 6.85 Å². The number of nitrogens with zero attached hydrogens (tertiary/aromatic N) is 4. The highest BCUT2D eigenvalue weighted by Gasteiger charge is 1.98. The third-order valence-corrected chi connectivity index (χ3v) is 1.34. The zero-order valence-corrected chi connectivity index (χ0v) is 6.52. The van der Waals surface area contributed by atoms with Crippen LogP contribution in [0.4, 0.5) is 5.69 Å². The third-order valence-electron chi connectivity index (χ3n) is 1.34. The van der Waals surface area contributed by atoms with Crippen LogP contribution in [-0.2, 0) is 0 Å². The lowest BCUT2D eigenvalue weighted by atomic mass is 10.5. The van der Waals surface area contributed by atoms with Gasteiger partial charge >= 0.3 is 0 Å². The summed E-state index contributed by atoms with van der Waals surface area (Å²) in [5.41, 5.74) is 5.30. The maximum atomic E-state index is 7.72. The summed E-state index contributed by atoms with van der Waals surface area (Å²) in [4.78, 5) is 11.2. The molecule has 0 atom stereocenters. The summed E-state index contributed by atoms with van der Waals surface area (Å²) in [5.74, 6) is -0.0119. The van der Waals surface area contributed by atoms with Crippen molar-refractivity contribution in [3.05, 3.63) is 30.6 Å². The molecule has 0 unspecified atom stereocenters. The van der Waals surface area contributed by atoms with Crippen LogP contribution >= 0.6 is 0 Å². The molecule has 2 heterocycles. The van der Waals surface area contributed by atoms with Crippen LogP contribution in [0.3, 0.4) is 0 Å². The average molecular weight is 180 g/mol. The Bertz CT molecular complexity index is 573. The van der Waals surface area contributed by atoms with Crippen molar-refractivity contribution in [3.63, 3.8) is 0 Å². The summed E-state index contributed by atoms with van der Waals surface area (Å²) in [7, 11) is 0. The van der Waals surface area contributed by atoms with Crippen LogP contribution in [0.1, 0.15) is 12.5 Å². The first-order valence-corrected chi connectivity index (χ1v) is 3.45. The molecule has 0 aromatic carbocycles. The van der Waals surface area contributed by atoms with E-state index in [0.717, 1.165) is 4.57 Å². The van der Waals surface area contributed by atoms with Crippen LogP contribution in [-0.4, -0.2) is 19.5 Å². The number of nitrogens with two attached hydrogens (primary N) is 1. The van der Waals surface area contributed by atoms with Crippen molar-refractivity contribution in [1.82, 2.24) is 19.5 Å². The Hall–Kier alpha value is -1.91. The highest BCUT2D eigenvalue weighted by Crippen LogP contribution is 2.03. The molecule has 5 nitrogen and oxygen atoms in total. The summed E-state index contributed by atoms with van der Waals surface area (Å²) in [6, 6.07) is 0. The van der Waals surface area contributed by atoms with E-state index in [4.69, 9.17) is 12.6 Å². The fourth-order valence-corrected chi connectivity index (χ4v) is 0.797. The van der Waals surface area contributed by atoms with Crippen LogP contribution in [0.15, 0.2) is 24.9 Å². The Labute approximate surface area is 82.3 Å². The van der Waals surface area contributed by atoms with Gasteiger partial charge in [-0.1, -0.05) is 0 Å². The number of anilines is 1. The highest BCUT2D eigenvalue weighted by molar-refractivity contribution is 5.32. The zero-order valence-electron chi connectivity index (χ0n) is 11.5. The lowest BCUT2D eigenvalue weighted by molar-refractivity contribution is 0.927. The van der Waals surface area contributed by atoms with Gasteiger partial charge in [0.05, 0.1) is 25.1 Å². The van der Waals surface area contributed by atoms with Gasteiger partial charge in [-0.3, -0.25) is 4.57 Å². The minimum absolute atomic E-state index is 0.0119. The molecule has 2 aromatic heterocycles. The van der Waals surface area contributed by atoms with Gasteiger partial charge in [0.1, 0.15) is 7.67 Å². The van der Waals surface area contributed by atoms with E-state index in [9.17, 15) is 0 Å². The smallest absolute Gasteiger partial charge is 0.234 e. The number of hydrogen-bond acceptors (Lipinski definition) is 4. The number of nitrogen functional groups attached to an aromatic ring is 1. The lowest BCUT2D eigenvalue weighted by Crippen LogP contribution is -1.99. The maximum absolute atomic E-state index is 7.72. The summed E-state index contributed by atoms with van der Waals surface area (Å²) in [6.07, 6.45) is 1.77. The molecule has 2 aromatic rings. The van der Waals surface area contributed by atoms with E-state index in [0.29, 0.717) is 5.69 Å². The van der Waals surface area contributed by atoms with Gasteiger partial charge in [0.15, 0.2) is 0 Å². The van der Waals surface area contributed by atoms with Gasteiger partial charge in [-0.2, -0.15) is 0 Å². The minimum atomic E-state index is -2.55. The van der Waals surface area contributed by atoms with Crippen molar-refractivity contribution in [1.29, 1.82) is 0 Å². The predicted octanol–water partition coefficient (Wildman–Crippen LogP) is 0.553. The van der Waals surface area contributed by atoms with Crippen LogP contribution < -0.4 is 5.73 Å². The van der Waals surface area contributed by atoms with Gasteiger partial charge in [-0.05, 0) is 6.85 Å². The minimum Gasteiger partial charge on any atom is -0.396 e. The molecule has 66 valence electrons. The normalized spacial score (nSPS) is 16.8. The van der Waals surface area contributed by atoms with Crippen LogP contribution in [0.5, 0.6) is 0 Å². The molecule has 0 radical (unpaired) electrons. The number of hydrogen-bond donors (Lipinski definition) is 1. The number of imidazole rings is 1. The van der Waals surface area contributed by atoms with Gasteiger partial charge in [-0.25, -0.2) is 15.0 Å². The van der Waals surface area contributed by atoms with Crippen LogP contribution in [0.25, 0.3) is 5.95 Å². The van der Waals surface area contributed by atoms with Crippen LogP contribution in [0, 0.1) is 6.85 Å². The molecule has 2 rings (SSSR count). The van der Waals surface area contributed by atoms with Crippen molar-refractivity contribution < 1.29 is 6.85 Å². The van der Waals surface area contributed by atoms with Gasteiger partial charge < -0.3 is 5.73 Å². The molecule has 13 heavy (non-hydrogen) atoms. The van der Waals surface area contributed by atoms with Gasteiger partial charge in [-0.15, -0.1) is 0 Å². The Morgan fingerprint density at radius 1 is 1.46 bits per heavy atom. The molecule has 2 N–H and O–H groups in total. The summed E-state index contributed by atoms with van der Waals surface area (Å²) >= 11 is 0. The fourth-order valence-electron chi connectivity index (χ4n) is 0.797. The Morgan fingerprint density at radius 2 is 2.23 bits per heavy atom. The van der Waals surface area contributed by atoms with E-state index in [1.54, 1.807) is 0 Å². The first kappa shape index (κ1) is 3.87. The molecule has 0 aliphatic carbocycles. The standard InChI is InChI=1S/C8H9N5/c1-6-4-13(5-12-6)8-10-2-7(9)3-11-8/h2-5H,9H2,1H3/i1D3,4D,5D. The van der Waals surface area contributed by atoms with E-state index < -0.39 is 25.0 Å². The second-order valence-corrected chi connectivity index (χ2v) is 2.32. The quantitative estimate of drug-likeness (QED) is 0.695. The molecule has 0 bridgehead atoms. The van der Waals surface area contributed by atoms with Crippen molar-refractivity contribution in [2.24, 2.45) is 0 Å². The molecule has 0 fully saturated rings. The molecule has 0 aliphatic heterocycles. The van der Waals surface area contributed by atoms with Gasteiger partial charge in [0, 0.05) is 10.3 Å². The molecular formula is C8H9N5. The molecule has 0 spiro atoms. The Kier molecular flexibility index (Phi) is 0.849. The molecule has 0 aliphatic rings. The highest BCUT2D eigenvalue weighted by atomic mass is 15.2. The molecular weight excluding hydrogens is 166 g/mol. The van der Waals surface area contributed by atoms with Crippen molar-refractivity contribution in [2.75, 3.05) is 5.73 Å². The number of aryl methyl sites for hydroxylation is 1. The van der Waals surface area contributed by atoms with E-state index in [1.807, 2.05) is 0 Å². The van der Waals surface area contributed by atoms with Crippen LogP contribution in [0.2, 0.25) is 0 Å². The first-order chi connectivity index (χ1) is 8.30. The fraction of sp³-hybridized carbons (Fsp3) is 0.125. The van der Waals surface area contributed by atoms with E-state index in [2.05, 4.69) is 15.0 Å². The molecule has 0 amide bonds. The molecule has 0 saturated heterocycles. The van der Waals surface area contributed by atoms with E-state index in [1.165, 1.54) is 12.4 Å². The largest absolute Gasteiger partial charge is 0.396 e. The third kappa shape index (κ3) is 1.48. The molecule has 5 heteroatoms. The maximum Gasteiger partial charge on any atom is 0.234 e. The summed E-state index contributed by atoms with van der Waals surface area (Å²) in [6.45, 7) is -2.55. The topological polar surface area (TPSA) is 69.6 Å². The lowest BCUT2D eigenvalue weighted by Gasteiger charge is -1.98. The Balaban J connectivity index is 2.59. The second kappa shape index (κ2) is 2.85. The van der Waals surface area contributed by atoms with Gasteiger partial charge in [0.25, 0.3) is 0 Å². The second-order valence-electron chi connectivity index (χ2n) is 2.32. The SMILES string of the molecule is [2H]c1nc(C([2H])([2H])[2H])c([2H])n1-c1ncc(N)cn1. The number of rotatable bonds is 1. The average Bonchev–Trinajstić information content (AvgIpc) is 2.56. The van der Waals surface area contributed by atoms with Crippen molar-refractivity contribution >= 4 is 5.69 Å². The van der Waals surface area contributed by atoms with E-state index >= 15 is 0 Å².